The van der Waals surface area contributed by atoms with Gasteiger partial charge in [-0.25, -0.2) is 4.39 Å². The van der Waals surface area contributed by atoms with Crippen molar-refractivity contribution < 1.29 is 4.39 Å². The molecule has 0 aliphatic carbocycles. The minimum atomic E-state index is -0.279. The van der Waals surface area contributed by atoms with Gasteiger partial charge in [-0.15, -0.1) is 0 Å². The molecule has 19 heavy (non-hydrogen) atoms. The van der Waals surface area contributed by atoms with Crippen LogP contribution in [-0.2, 0) is 6.42 Å². The standard InChI is InChI=1S/C15H14BrClFN/c1-19-15(8-10-4-2-3-5-13(10)16)12-7-6-11(17)9-14(12)18/h2-7,9,15,19H,8H2,1H3. The molecular formula is C15H14BrClFN. The van der Waals surface area contributed by atoms with Crippen LogP contribution in [0.15, 0.2) is 46.9 Å². The van der Waals surface area contributed by atoms with Crippen molar-refractivity contribution in [3.8, 4) is 0 Å². The zero-order valence-electron chi connectivity index (χ0n) is 10.5. The number of hydrogen-bond donors (Lipinski definition) is 1. The topological polar surface area (TPSA) is 12.0 Å². The highest BCUT2D eigenvalue weighted by Gasteiger charge is 2.15. The molecule has 0 spiro atoms. The van der Waals surface area contributed by atoms with Crippen molar-refractivity contribution in [3.05, 3.63) is 68.9 Å². The molecule has 0 aliphatic heterocycles. The van der Waals surface area contributed by atoms with E-state index in [1.165, 1.54) is 6.07 Å². The number of rotatable bonds is 4. The van der Waals surface area contributed by atoms with Gasteiger partial charge in [0.15, 0.2) is 0 Å². The molecule has 0 fully saturated rings. The zero-order valence-corrected chi connectivity index (χ0v) is 12.8. The first-order chi connectivity index (χ1) is 9.11. The summed E-state index contributed by atoms with van der Waals surface area (Å²) in [6.45, 7) is 0. The lowest BCUT2D eigenvalue weighted by molar-refractivity contribution is 0.533. The number of nitrogens with one attached hydrogen (secondary N) is 1. The van der Waals surface area contributed by atoms with Crippen LogP contribution in [0.4, 0.5) is 4.39 Å². The summed E-state index contributed by atoms with van der Waals surface area (Å²) < 4.78 is 15.0. The van der Waals surface area contributed by atoms with Crippen LogP contribution in [0.3, 0.4) is 0 Å². The van der Waals surface area contributed by atoms with Crippen molar-refractivity contribution in [1.29, 1.82) is 0 Å². The Kier molecular flexibility index (Phi) is 4.97. The van der Waals surface area contributed by atoms with Gasteiger partial charge >= 0.3 is 0 Å². The minimum Gasteiger partial charge on any atom is -0.313 e. The van der Waals surface area contributed by atoms with Gasteiger partial charge in [-0.2, -0.15) is 0 Å². The van der Waals surface area contributed by atoms with Crippen LogP contribution in [0.1, 0.15) is 17.2 Å². The minimum absolute atomic E-state index is 0.0871. The fourth-order valence-electron chi connectivity index (χ4n) is 2.04. The van der Waals surface area contributed by atoms with E-state index in [1.54, 1.807) is 12.1 Å². The van der Waals surface area contributed by atoms with Crippen LogP contribution in [0, 0.1) is 5.82 Å². The first-order valence-electron chi connectivity index (χ1n) is 5.97. The molecule has 2 aromatic carbocycles. The number of likely N-dealkylation sites (N-methyl/N-ethyl adjacent to an activating group) is 1. The van der Waals surface area contributed by atoms with Crippen LogP contribution >= 0.6 is 27.5 Å². The molecule has 0 aliphatic rings. The molecule has 4 heteroatoms. The smallest absolute Gasteiger partial charge is 0.129 e. The Hall–Kier alpha value is -0.900. The van der Waals surface area contributed by atoms with Crippen molar-refractivity contribution >= 4 is 27.5 Å². The van der Waals surface area contributed by atoms with Gasteiger partial charge in [0, 0.05) is 21.1 Å². The average Bonchev–Trinajstić information content (AvgIpc) is 2.39. The molecule has 2 rings (SSSR count). The molecule has 0 saturated carbocycles. The first-order valence-corrected chi connectivity index (χ1v) is 7.14. The fraction of sp³-hybridized carbons (Fsp3) is 0.200. The monoisotopic (exact) mass is 341 g/mol. The molecule has 1 atom stereocenters. The van der Waals surface area contributed by atoms with E-state index in [0.29, 0.717) is 17.0 Å². The van der Waals surface area contributed by atoms with Crippen molar-refractivity contribution in [2.24, 2.45) is 0 Å². The van der Waals surface area contributed by atoms with E-state index in [0.717, 1.165) is 10.0 Å². The van der Waals surface area contributed by atoms with E-state index in [9.17, 15) is 4.39 Å². The molecule has 2 aromatic rings. The fourth-order valence-corrected chi connectivity index (χ4v) is 2.64. The lowest BCUT2D eigenvalue weighted by Gasteiger charge is -2.18. The second kappa shape index (κ2) is 6.51. The molecule has 0 aromatic heterocycles. The van der Waals surface area contributed by atoms with Crippen LogP contribution in [0.5, 0.6) is 0 Å². The summed E-state index contributed by atoms with van der Waals surface area (Å²) in [6.07, 6.45) is 0.705. The second-order valence-corrected chi connectivity index (χ2v) is 5.59. The predicted molar refractivity (Wildman–Crippen MR) is 81.1 cm³/mol. The van der Waals surface area contributed by atoms with E-state index in [4.69, 9.17) is 11.6 Å². The Morgan fingerprint density at radius 3 is 2.63 bits per heavy atom. The molecular weight excluding hydrogens is 329 g/mol. The molecule has 1 unspecified atom stereocenters. The Morgan fingerprint density at radius 2 is 2.00 bits per heavy atom. The third-order valence-corrected chi connectivity index (χ3v) is 4.08. The van der Waals surface area contributed by atoms with Gasteiger partial charge in [0.1, 0.15) is 5.82 Å². The molecule has 0 amide bonds. The molecule has 0 radical (unpaired) electrons. The summed E-state index contributed by atoms with van der Waals surface area (Å²) in [4.78, 5) is 0. The van der Waals surface area contributed by atoms with Crippen LogP contribution in [0.2, 0.25) is 5.02 Å². The summed E-state index contributed by atoms with van der Waals surface area (Å²) in [7, 11) is 1.83. The lowest BCUT2D eigenvalue weighted by Crippen LogP contribution is -2.20. The van der Waals surface area contributed by atoms with E-state index in [1.807, 2.05) is 31.3 Å². The van der Waals surface area contributed by atoms with Gasteiger partial charge in [-0.3, -0.25) is 0 Å². The number of benzene rings is 2. The van der Waals surface area contributed by atoms with E-state index in [-0.39, 0.29) is 11.9 Å². The lowest BCUT2D eigenvalue weighted by atomic mass is 9.98. The summed E-state index contributed by atoms with van der Waals surface area (Å²) in [5.41, 5.74) is 1.76. The summed E-state index contributed by atoms with van der Waals surface area (Å²) in [5.74, 6) is -0.279. The maximum absolute atomic E-state index is 14.0. The largest absolute Gasteiger partial charge is 0.313 e. The van der Waals surface area contributed by atoms with Gasteiger partial charge < -0.3 is 5.32 Å². The molecule has 0 heterocycles. The molecule has 0 saturated heterocycles. The molecule has 1 N–H and O–H groups in total. The van der Waals surface area contributed by atoms with Crippen molar-refractivity contribution in [2.75, 3.05) is 7.05 Å². The SMILES string of the molecule is CNC(Cc1ccccc1Br)c1ccc(Cl)cc1F. The Bertz CT molecular complexity index is 574. The molecule has 100 valence electrons. The van der Waals surface area contributed by atoms with Crippen LogP contribution in [0.25, 0.3) is 0 Å². The first kappa shape index (κ1) is 14.5. The molecule has 0 bridgehead atoms. The second-order valence-electron chi connectivity index (χ2n) is 4.30. The molecule has 1 nitrogen and oxygen atoms in total. The van der Waals surface area contributed by atoms with Crippen LogP contribution in [-0.4, -0.2) is 7.05 Å². The van der Waals surface area contributed by atoms with Crippen molar-refractivity contribution in [3.63, 3.8) is 0 Å². The third-order valence-electron chi connectivity index (χ3n) is 3.07. The highest BCUT2D eigenvalue weighted by molar-refractivity contribution is 9.10. The summed E-state index contributed by atoms with van der Waals surface area (Å²) >= 11 is 9.30. The van der Waals surface area contributed by atoms with Gasteiger partial charge in [-0.1, -0.05) is 51.8 Å². The number of hydrogen-bond acceptors (Lipinski definition) is 1. The highest BCUT2D eigenvalue weighted by atomic mass is 79.9. The van der Waals surface area contributed by atoms with Crippen LogP contribution < -0.4 is 5.32 Å². The highest BCUT2D eigenvalue weighted by Crippen LogP contribution is 2.26. The maximum Gasteiger partial charge on any atom is 0.129 e. The van der Waals surface area contributed by atoms with Gasteiger partial charge in [-0.05, 0) is 37.2 Å². The zero-order chi connectivity index (χ0) is 13.8. The Balaban J connectivity index is 2.28. The normalized spacial score (nSPS) is 12.4. The van der Waals surface area contributed by atoms with Gasteiger partial charge in [0.05, 0.1) is 0 Å². The predicted octanol–water partition coefficient (Wildman–Crippen LogP) is 4.74. The summed E-state index contributed by atoms with van der Waals surface area (Å²) in [5, 5.41) is 3.56. The van der Waals surface area contributed by atoms with Gasteiger partial charge in [0.2, 0.25) is 0 Å². The Morgan fingerprint density at radius 1 is 1.26 bits per heavy atom. The number of halogens is 3. The third kappa shape index (κ3) is 3.56. The van der Waals surface area contributed by atoms with Crippen molar-refractivity contribution in [1.82, 2.24) is 5.32 Å². The quantitative estimate of drug-likeness (QED) is 0.846. The van der Waals surface area contributed by atoms with E-state index < -0.39 is 0 Å². The Labute approximate surface area is 125 Å². The van der Waals surface area contributed by atoms with E-state index in [2.05, 4.69) is 21.2 Å². The van der Waals surface area contributed by atoms with E-state index >= 15 is 0 Å². The summed E-state index contributed by atoms with van der Waals surface area (Å²) in [6, 6.07) is 12.7. The van der Waals surface area contributed by atoms with Gasteiger partial charge in [0.25, 0.3) is 0 Å². The maximum atomic E-state index is 14.0. The average molecular weight is 343 g/mol. The van der Waals surface area contributed by atoms with Crippen molar-refractivity contribution in [2.45, 2.75) is 12.5 Å².